The molecule has 3 aromatic rings. The van der Waals surface area contributed by atoms with E-state index in [0.717, 1.165) is 16.7 Å². The summed E-state index contributed by atoms with van der Waals surface area (Å²) in [6, 6.07) is 20.6. The Morgan fingerprint density at radius 2 is 1.59 bits per heavy atom. The van der Waals surface area contributed by atoms with E-state index in [9.17, 15) is 9.59 Å². The summed E-state index contributed by atoms with van der Waals surface area (Å²) in [4.78, 5) is 28.2. The molecule has 5 heteroatoms. The third-order valence-electron chi connectivity index (χ3n) is 4.24. The van der Waals surface area contributed by atoms with Gasteiger partial charge in [0, 0.05) is 6.20 Å². The van der Waals surface area contributed by atoms with Crippen LogP contribution in [0.5, 0.6) is 0 Å². The number of esters is 1. The first-order valence-electron chi connectivity index (χ1n) is 8.55. The van der Waals surface area contributed by atoms with Gasteiger partial charge in [-0.25, -0.2) is 9.78 Å². The molecule has 1 heterocycles. The van der Waals surface area contributed by atoms with Crippen LogP contribution in [0.1, 0.15) is 43.6 Å². The van der Waals surface area contributed by atoms with Crippen LogP contribution in [0.25, 0.3) is 0 Å². The number of hydrogen-bond donors (Lipinski definition) is 1. The molecule has 5 nitrogen and oxygen atoms in total. The summed E-state index contributed by atoms with van der Waals surface area (Å²) < 4.78 is 4.62. The van der Waals surface area contributed by atoms with Gasteiger partial charge in [-0.2, -0.15) is 0 Å². The van der Waals surface area contributed by atoms with E-state index in [1.54, 1.807) is 6.07 Å². The van der Waals surface area contributed by atoms with Gasteiger partial charge in [0.05, 0.1) is 18.7 Å². The number of carbonyl (C=O) groups is 2. The lowest BCUT2D eigenvalue weighted by Gasteiger charge is -2.20. The minimum Gasteiger partial charge on any atom is -0.464 e. The summed E-state index contributed by atoms with van der Waals surface area (Å²) in [7, 11) is 1.29. The van der Waals surface area contributed by atoms with E-state index in [-0.39, 0.29) is 17.6 Å². The maximum atomic E-state index is 12.8. The first-order chi connectivity index (χ1) is 13.1. The number of ether oxygens (including phenoxy) is 1. The zero-order valence-corrected chi connectivity index (χ0v) is 15.2. The van der Waals surface area contributed by atoms with E-state index < -0.39 is 5.97 Å². The van der Waals surface area contributed by atoms with Gasteiger partial charge in [0.15, 0.2) is 0 Å². The normalized spacial score (nSPS) is 11.5. The van der Waals surface area contributed by atoms with Crippen LogP contribution >= 0.6 is 0 Å². The molecule has 1 atom stereocenters. The molecule has 1 unspecified atom stereocenters. The van der Waals surface area contributed by atoms with E-state index in [2.05, 4.69) is 15.0 Å². The monoisotopic (exact) mass is 360 g/mol. The summed E-state index contributed by atoms with van der Waals surface area (Å²) in [5.74, 6) is -0.808. The molecule has 1 amide bonds. The van der Waals surface area contributed by atoms with Crippen molar-refractivity contribution in [1.29, 1.82) is 0 Å². The predicted molar refractivity (Wildman–Crippen MR) is 103 cm³/mol. The van der Waals surface area contributed by atoms with Gasteiger partial charge in [-0.05, 0) is 30.2 Å². The standard InChI is InChI=1S/C22H20N2O3/c1-15-8-10-17(11-9-15)20(16-6-4-3-5-7-16)24-21(25)18-12-13-19(23-14-18)22(26)27-2/h3-14,20H,1-2H3,(H,24,25). The Kier molecular flexibility index (Phi) is 5.61. The second kappa shape index (κ2) is 8.27. The van der Waals surface area contributed by atoms with Crippen LogP contribution < -0.4 is 5.32 Å². The summed E-state index contributed by atoms with van der Waals surface area (Å²) in [6.07, 6.45) is 1.37. The van der Waals surface area contributed by atoms with Crippen LogP contribution in [-0.2, 0) is 4.74 Å². The molecular formula is C22H20N2O3. The fourth-order valence-corrected chi connectivity index (χ4v) is 2.73. The fraction of sp³-hybridized carbons (Fsp3) is 0.136. The molecule has 0 aliphatic heterocycles. The number of benzene rings is 2. The molecule has 0 saturated carbocycles. The Labute approximate surface area is 158 Å². The minimum absolute atomic E-state index is 0.159. The summed E-state index contributed by atoms with van der Waals surface area (Å²) in [5, 5.41) is 3.05. The van der Waals surface area contributed by atoms with Crippen LogP contribution in [0.2, 0.25) is 0 Å². The van der Waals surface area contributed by atoms with Crippen molar-refractivity contribution in [1.82, 2.24) is 10.3 Å². The lowest BCUT2D eigenvalue weighted by Crippen LogP contribution is -2.29. The molecule has 0 aliphatic rings. The number of nitrogens with zero attached hydrogens (tertiary/aromatic N) is 1. The zero-order chi connectivity index (χ0) is 19.2. The van der Waals surface area contributed by atoms with Crippen LogP contribution in [-0.4, -0.2) is 24.0 Å². The number of nitrogens with one attached hydrogen (secondary N) is 1. The average molecular weight is 360 g/mol. The van der Waals surface area contributed by atoms with Gasteiger partial charge in [-0.3, -0.25) is 4.79 Å². The molecule has 0 saturated heterocycles. The third-order valence-corrected chi connectivity index (χ3v) is 4.24. The van der Waals surface area contributed by atoms with Crippen LogP contribution in [0.15, 0.2) is 72.9 Å². The second-order valence-corrected chi connectivity index (χ2v) is 6.15. The summed E-state index contributed by atoms with van der Waals surface area (Å²) in [5.41, 5.74) is 3.65. The third kappa shape index (κ3) is 4.39. The average Bonchev–Trinajstić information content (AvgIpc) is 2.73. The van der Waals surface area contributed by atoms with Gasteiger partial charge < -0.3 is 10.1 Å². The molecule has 0 aliphatic carbocycles. The summed E-state index contributed by atoms with van der Waals surface area (Å²) >= 11 is 0. The quantitative estimate of drug-likeness (QED) is 0.705. The van der Waals surface area contributed by atoms with Crippen molar-refractivity contribution in [3.05, 3.63) is 101 Å². The SMILES string of the molecule is COC(=O)c1ccc(C(=O)NC(c2ccccc2)c2ccc(C)cc2)cn1. The van der Waals surface area contributed by atoms with Crippen LogP contribution in [0.4, 0.5) is 0 Å². The number of hydrogen-bond acceptors (Lipinski definition) is 4. The number of pyridine rings is 1. The summed E-state index contributed by atoms with van der Waals surface area (Å²) in [6.45, 7) is 2.02. The Hall–Kier alpha value is -3.47. The number of amides is 1. The smallest absolute Gasteiger partial charge is 0.356 e. The van der Waals surface area contributed by atoms with E-state index in [1.165, 1.54) is 19.4 Å². The Morgan fingerprint density at radius 1 is 0.926 bits per heavy atom. The number of rotatable bonds is 5. The highest BCUT2D eigenvalue weighted by Crippen LogP contribution is 2.23. The van der Waals surface area contributed by atoms with Crippen molar-refractivity contribution in [2.45, 2.75) is 13.0 Å². The fourth-order valence-electron chi connectivity index (χ4n) is 2.73. The van der Waals surface area contributed by atoms with Crippen molar-refractivity contribution >= 4 is 11.9 Å². The molecule has 0 spiro atoms. The predicted octanol–water partition coefficient (Wildman–Crippen LogP) is 3.70. The Balaban J connectivity index is 1.86. The van der Waals surface area contributed by atoms with Gasteiger partial charge in [0.2, 0.25) is 0 Å². The van der Waals surface area contributed by atoms with E-state index in [0.29, 0.717) is 5.56 Å². The molecule has 1 aromatic heterocycles. The van der Waals surface area contributed by atoms with Gasteiger partial charge in [0.25, 0.3) is 5.91 Å². The number of aromatic nitrogens is 1. The van der Waals surface area contributed by atoms with E-state index in [1.807, 2.05) is 61.5 Å². The molecule has 0 radical (unpaired) electrons. The first kappa shape index (κ1) is 18.3. The van der Waals surface area contributed by atoms with Crippen LogP contribution in [0.3, 0.4) is 0 Å². The van der Waals surface area contributed by atoms with Crippen molar-refractivity contribution in [2.75, 3.05) is 7.11 Å². The lowest BCUT2D eigenvalue weighted by atomic mass is 9.97. The van der Waals surface area contributed by atoms with Crippen molar-refractivity contribution < 1.29 is 14.3 Å². The molecule has 0 fully saturated rings. The minimum atomic E-state index is -0.538. The molecule has 1 N–H and O–H groups in total. The van der Waals surface area contributed by atoms with Crippen molar-refractivity contribution in [3.63, 3.8) is 0 Å². The highest BCUT2D eigenvalue weighted by atomic mass is 16.5. The van der Waals surface area contributed by atoms with Gasteiger partial charge in [0.1, 0.15) is 5.69 Å². The highest BCUT2D eigenvalue weighted by molar-refractivity contribution is 5.95. The Morgan fingerprint density at radius 3 is 2.19 bits per heavy atom. The van der Waals surface area contributed by atoms with E-state index >= 15 is 0 Å². The van der Waals surface area contributed by atoms with Crippen molar-refractivity contribution in [2.24, 2.45) is 0 Å². The number of methoxy groups -OCH3 is 1. The molecule has 27 heavy (non-hydrogen) atoms. The molecule has 136 valence electrons. The van der Waals surface area contributed by atoms with E-state index in [4.69, 9.17) is 0 Å². The molecular weight excluding hydrogens is 340 g/mol. The number of aryl methyl sites for hydroxylation is 1. The number of carbonyl (C=O) groups excluding carboxylic acids is 2. The van der Waals surface area contributed by atoms with Gasteiger partial charge in [-0.15, -0.1) is 0 Å². The second-order valence-electron chi connectivity index (χ2n) is 6.15. The zero-order valence-electron chi connectivity index (χ0n) is 15.2. The van der Waals surface area contributed by atoms with Gasteiger partial charge >= 0.3 is 5.97 Å². The Bertz CT molecular complexity index is 920. The molecule has 2 aromatic carbocycles. The maximum Gasteiger partial charge on any atom is 0.356 e. The molecule has 0 bridgehead atoms. The maximum absolute atomic E-state index is 12.8. The lowest BCUT2D eigenvalue weighted by molar-refractivity contribution is 0.0593. The van der Waals surface area contributed by atoms with Crippen LogP contribution in [0, 0.1) is 6.92 Å². The van der Waals surface area contributed by atoms with Crippen molar-refractivity contribution in [3.8, 4) is 0 Å². The van der Waals surface area contributed by atoms with Gasteiger partial charge in [-0.1, -0.05) is 60.2 Å². The first-order valence-corrected chi connectivity index (χ1v) is 8.55. The molecule has 3 rings (SSSR count). The largest absolute Gasteiger partial charge is 0.464 e. The highest BCUT2D eigenvalue weighted by Gasteiger charge is 2.18. The topological polar surface area (TPSA) is 68.3 Å².